The molecule has 0 aromatic heterocycles. The second-order valence-electron chi connectivity index (χ2n) is 6.46. The molecule has 27 heavy (non-hydrogen) atoms. The second-order valence-corrected chi connectivity index (χ2v) is 8.36. The van der Waals surface area contributed by atoms with E-state index in [0.29, 0.717) is 0 Å². The molecule has 0 amide bonds. The van der Waals surface area contributed by atoms with Gasteiger partial charge in [-0.2, -0.15) is 22.7 Å². The van der Waals surface area contributed by atoms with Crippen molar-refractivity contribution in [3.8, 4) is 6.07 Å². The summed E-state index contributed by atoms with van der Waals surface area (Å²) in [6.07, 6.45) is -4.32. The quantitative estimate of drug-likeness (QED) is 0.792. The number of piperidine rings is 1. The molecule has 4 nitrogen and oxygen atoms in total. The predicted octanol–water partition coefficient (Wildman–Crippen LogP) is 3.95. The number of sulfonamides is 1. The van der Waals surface area contributed by atoms with Crippen LogP contribution in [-0.4, -0.2) is 25.8 Å². The molecule has 0 radical (unpaired) electrons. The first-order valence-corrected chi connectivity index (χ1v) is 9.78. The summed E-state index contributed by atoms with van der Waals surface area (Å²) in [5.41, 5.74) is -1.22. The van der Waals surface area contributed by atoms with Gasteiger partial charge in [-0.1, -0.05) is 42.5 Å². The Kier molecular flexibility index (Phi) is 5.02. The average molecular weight is 394 g/mol. The van der Waals surface area contributed by atoms with Crippen LogP contribution in [0.15, 0.2) is 59.5 Å². The molecule has 0 aliphatic carbocycles. The maximum atomic E-state index is 13.2. The Morgan fingerprint density at radius 3 is 2.07 bits per heavy atom. The Balaban J connectivity index is 1.90. The van der Waals surface area contributed by atoms with Crippen LogP contribution >= 0.6 is 0 Å². The summed E-state index contributed by atoms with van der Waals surface area (Å²) in [5, 5.41) is 9.69. The average Bonchev–Trinajstić information content (AvgIpc) is 2.68. The molecule has 1 aliphatic heterocycles. The van der Waals surface area contributed by atoms with Crippen LogP contribution < -0.4 is 0 Å². The fourth-order valence-electron chi connectivity index (χ4n) is 3.40. The highest BCUT2D eigenvalue weighted by Gasteiger charge is 2.43. The van der Waals surface area contributed by atoms with Crippen LogP contribution in [0.4, 0.5) is 13.2 Å². The maximum absolute atomic E-state index is 13.2. The molecule has 0 unspecified atom stereocenters. The lowest BCUT2D eigenvalue weighted by atomic mass is 9.74. The highest BCUT2D eigenvalue weighted by Crippen LogP contribution is 2.39. The van der Waals surface area contributed by atoms with Crippen molar-refractivity contribution in [2.45, 2.75) is 29.3 Å². The van der Waals surface area contributed by atoms with E-state index in [-0.39, 0.29) is 25.9 Å². The van der Waals surface area contributed by atoms with Crippen molar-refractivity contribution >= 4 is 10.0 Å². The number of nitriles is 1. The lowest BCUT2D eigenvalue weighted by Gasteiger charge is -2.37. The van der Waals surface area contributed by atoms with Gasteiger partial charge in [0, 0.05) is 13.1 Å². The van der Waals surface area contributed by atoms with Crippen molar-refractivity contribution in [1.82, 2.24) is 4.31 Å². The third-order valence-corrected chi connectivity index (χ3v) is 6.88. The van der Waals surface area contributed by atoms with Crippen LogP contribution in [0.25, 0.3) is 0 Å². The van der Waals surface area contributed by atoms with Crippen LogP contribution in [-0.2, 0) is 21.6 Å². The van der Waals surface area contributed by atoms with Crippen LogP contribution in [0.3, 0.4) is 0 Å². The highest BCUT2D eigenvalue weighted by atomic mass is 32.2. The van der Waals surface area contributed by atoms with E-state index < -0.39 is 32.1 Å². The maximum Gasteiger partial charge on any atom is 0.417 e. The van der Waals surface area contributed by atoms with Crippen molar-refractivity contribution in [2.24, 2.45) is 0 Å². The first-order valence-electron chi connectivity index (χ1n) is 8.34. The number of hydrogen-bond acceptors (Lipinski definition) is 3. The summed E-state index contributed by atoms with van der Waals surface area (Å²) in [7, 11) is -4.31. The van der Waals surface area contributed by atoms with Gasteiger partial charge in [0.05, 0.1) is 21.9 Å². The Morgan fingerprint density at radius 1 is 0.963 bits per heavy atom. The summed E-state index contributed by atoms with van der Waals surface area (Å²) in [6, 6.07) is 15.5. The molecule has 2 aromatic rings. The third-order valence-electron chi connectivity index (χ3n) is 4.93. The Morgan fingerprint density at radius 2 is 1.52 bits per heavy atom. The van der Waals surface area contributed by atoms with Crippen LogP contribution in [0, 0.1) is 11.3 Å². The SMILES string of the molecule is N#CC1(c2ccccc2)CCN(S(=O)(=O)c2ccccc2C(F)(F)F)CC1. The van der Waals surface area contributed by atoms with Gasteiger partial charge < -0.3 is 0 Å². The van der Waals surface area contributed by atoms with Gasteiger partial charge in [-0.3, -0.25) is 0 Å². The summed E-state index contributed by atoms with van der Waals surface area (Å²) < 4.78 is 66.4. The minimum Gasteiger partial charge on any atom is -0.207 e. The lowest BCUT2D eigenvalue weighted by molar-refractivity contribution is -0.139. The molecule has 0 atom stereocenters. The number of benzene rings is 2. The van der Waals surface area contributed by atoms with Crippen molar-refractivity contribution in [2.75, 3.05) is 13.1 Å². The van der Waals surface area contributed by atoms with E-state index in [4.69, 9.17) is 0 Å². The monoisotopic (exact) mass is 394 g/mol. The molecule has 3 rings (SSSR count). The van der Waals surface area contributed by atoms with Gasteiger partial charge in [0.15, 0.2) is 0 Å². The van der Waals surface area contributed by atoms with Gasteiger partial charge in [0.1, 0.15) is 0 Å². The summed E-state index contributed by atoms with van der Waals surface area (Å²) in [6.45, 7) is -0.0338. The first kappa shape index (κ1) is 19.4. The number of halogens is 3. The Hall–Kier alpha value is -2.37. The molecule has 0 N–H and O–H groups in total. The van der Waals surface area contributed by atoms with E-state index >= 15 is 0 Å². The Bertz CT molecular complexity index is 958. The third kappa shape index (κ3) is 3.57. The zero-order chi connectivity index (χ0) is 19.7. The molecule has 0 saturated carbocycles. The number of rotatable bonds is 3. The smallest absolute Gasteiger partial charge is 0.207 e. The van der Waals surface area contributed by atoms with Crippen LogP contribution in [0.1, 0.15) is 24.0 Å². The zero-order valence-electron chi connectivity index (χ0n) is 14.3. The fraction of sp³-hybridized carbons (Fsp3) is 0.316. The van der Waals surface area contributed by atoms with Gasteiger partial charge in [0.2, 0.25) is 10.0 Å². The van der Waals surface area contributed by atoms with E-state index in [9.17, 15) is 26.9 Å². The topological polar surface area (TPSA) is 61.2 Å². The molecule has 142 valence electrons. The van der Waals surface area contributed by atoms with Gasteiger partial charge >= 0.3 is 6.18 Å². The van der Waals surface area contributed by atoms with Crippen molar-refractivity contribution in [3.05, 3.63) is 65.7 Å². The summed E-state index contributed by atoms with van der Waals surface area (Å²) in [4.78, 5) is -0.748. The minimum atomic E-state index is -4.76. The van der Waals surface area contributed by atoms with Crippen LogP contribution in [0.5, 0.6) is 0 Å². The molecule has 1 aliphatic rings. The fourth-order valence-corrected chi connectivity index (χ4v) is 5.05. The second kappa shape index (κ2) is 6.98. The molecule has 0 spiro atoms. The summed E-state index contributed by atoms with van der Waals surface area (Å²) in [5.74, 6) is 0. The molecule has 2 aromatic carbocycles. The predicted molar refractivity (Wildman–Crippen MR) is 93.2 cm³/mol. The molecular formula is C19H17F3N2O2S. The van der Waals surface area contributed by atoms with E-state index in [1.165, 1.54) is 6.07 Å². The van der Waals surface area contributed by atoms with Crippen molar-refractivity contribution in [1.29, 1.82) is 5.26 Å². The van der Waals surface area contributed by atoms with Crippen LogP contribution in [0.2, 0.25) is 0 Å². The first-order chi connectivity index (χ1) is 12.7. The van der Waals surface area contributed by atoms with Gasteiger partial charge in [-0.05, 0) is 30.5 Å². The van der Waals surface area contributed by atoms with E-state index in [2.05, 4.69) is 6.07 Å². The van der Waals surface area contributed by atoms with Gasteiger partial charge in [0.25, 0.3) is 0 Å². The van der Waals surface area contributed by atoms with E-state index in [1.807, 2.05) is 18.2 Å². The lowest BCUT2D eigenvalue weighted by Crippen LogP contribution is -2.44. The normalized spacial score (nSPS) is 18.0. The molecule has 8 heteroatoms. The number of alkyl halides is 3. The molecule has 1 heterocycles. The molecule has 1 fully saturated rings. The molecule has 1 saturated heterocycles. The highest BCUT2D eigenvalue weighted by molar-refractivity contribution is 7.89. The number of nitrogens with zero attached hydrogens (tertiary/aromatic N) is 2. The van der Waals surface area contributed by atoms with E-state index in [1.54, 1.807) is 12.1 Å². The Labute approximate surface area is 155 Å². The summed E-state index contributed by atoms with van der Waals surface area (Å²) >= 11 is 0. The standard InChI is InChI=1S/C19H17F3N2O2S/c20-19(21,22)16-8-4-5-9-17(16)27(25,26)24-12-10-18(14-23,11-13-24)15-6-2-1-3-7-15/h1-9H,10-13H2. The molecular weight excluding hydrogens is 377 g/mol. The van der Waals surface area contributed by atoms with Gasteiger partial charge in [-0.25, -0.2) is 8.42 Å². The van der Waals surface area contributed by atoms with Crippen molar-refractivity contribution in [3.63, 3.8) is 0 Å². The van der Waals surface area contributed by atoms with Crippen molar-refractivity contribution < 1.29 is 21.6 Å². The van der Waals surface area contributed by atoms with Gasteiger partial charge in [-0.15, -0.1) is 0 Å². The largest absolute Gasteiger partial charge is 0.417 e. The number of hydrogen-bond donors (Lipinski definition) is 0. The zero-order valence-corrected chi connectivity index (χ0v) is 15.1. The molecule has 0 bridgehead atoms. The van der Waals surface area contributed by atoms with E-state index in [0.717, 1.165) is 28.1 Å². The minimum absolute atomic E-state index is 0.0169.